The second kappa shape index (κ2) is 8.14. The second-order valence-electron chi connectivity index (χ2n) is 4.50. The molecule has 2 N–H and O–H groups in total. The first-order valence-corrected chi connectivity index (χ1v) is 8.10. The van der Waals surface area contributed by atoms with E-state index in [-0.39, 0.29) is 11.8 Å². The Hall–Kier alpha value is -1.60. The number of carbonyl (C=O) groups is 2. The normalized spacial score (nSPS) is 10.1. The van der Waals surface area contributed by atoms with Gasteiger partial charge in [0.15, 0.2) is 0 Å². The molecule has 2 amide bonds. The van der Waals surface area contributed by atoms with Gasteiger partial charge in [-0.3, -0.25) is 9.59 Å². The molecule has 2 aromatic rings. The summed E-state index contributed by atoms with van der Waals surface area (Å²) < 4.78 is 1.07. The molecule has 0 aliphatic rings. The molecule has 0 spiro atoms. The fourth-order valence-corrected chi connectivity index (χ4v) is 2.38. The highest BCUT2D eigenvalue weighted by atomic mass is 127. The van der Waals surface area contributed by atoms with Crippen LogP contribution in [0.4, 0.5) is 0 Å². The summed E-state index contributed by atoms with van der Waals surface area (Å²) in [6, 6.07) is 14.1. The van der Waals surface area contributed by atoms with E-state index in [1.165, 1.54) is 0 Å². The molecule has 0 fully saturated rings. The Morgan fingerprint density at radius 2 is 1.50 bits per heavy atom. The lowest BCUT2D eigenvalue weighted by Gasteiger charge is -2.08. The fourth-order valence-electron chi connectivity index (χ4n) is 1.80. The number of carbonyl (C=O) groups excluding carboxylic acids is 2. The number of benzene rings is 2. The van der Waals surface area contributed by atoms with Crippen molar-refractivity contribution in [1.29, 1.82) is 0 Å². The van der Waals surface area contributed by atoms with Gasteiger partial charge in [0.05, 0.1) is 10.6 Å². The molecule has 0 saturated heterocycles. The molecule has 0 aliphatic carbocycles. The zero-order valence-electron chi connectivity index (χ0n) is 11.6. The Balaban J connectivity index is 1.77. The van der Waals surface area contributed by atoms with Gasteiger partial charge in [-0.05, 0) is 59.0 Å². The van der Waals surface area contributed by atoms with Crippen LogP contribution >= 0.6 is 34.2 Å². The first kappa shape index (κ1) is 16.8. The number of amides is 2. The lowest BCUT2D eigenvalue weighted by Crippen LogP contribution is -2.34. The molecule has 0 radical (unpaired) electrons. The maximum absolute atomic E-state index is 11.9. The Morgan fingerprint density at radius 3 is 2.14 bits per heavy atom. The summed E-state index contributed by atoms with van der Waals surface area (Å²) in [6.45, 7) is 0.682. The van der Waals surface area contributed by atoms with Crippen molar-refractivity contribution in [2.45, 2.75) is 0 Å². The highest BCUT2D eigenvalue weighted by Gasteiger charge is 2.09. The molecular weight excluding hydrogens is 415 g/mol. The minimum Gasteiger partial charge on any atom is -0.350 e. The van der Waals surface area contributed by atoms with Gasteiger partial charge in [0.2, 0.25) is 0 Å². The average molecular weight is 429 g/mol. The van der Waals surface area contributed by atoms with Crippen molar-refractivity contribution in [3.05, 3.63) is 68.3 Å². The standard InChI is InChI=1S/C16H14ClIN2O2/c17-14-4-2-1-3-13(14)16(22)20-10-9-19-15(21)11-5-7-12(18)8-6-11/h1-8H,9-10H2,(H,19,21)(H,20,22). The SMILES string of the molecule is O=C(NCCNC(=O)c1ccccc1Cl)c1ccc(I)cc1. The Bertz CT molecular complexity index is 674. The Morgan fingerprint density at radius 1 is 0.909 bits per heavy atom. The highest BCUT2D eigenvalue weighted by molar-refractivity contribution is 14.1. The summed E-state index contributed by atoms with van der Waals surface area (Å²) in [5.41, 5.74) is 1.02. The lowest BCUT2D eigenvalue weighted by atomic mass is 10.2. The third-order valence-corrected chi connectivity index (χ3v) is 3.97. The van der Waals surface area contributed by atoms with E-state index in [0.717, 1.165) is 3.57 Å². The number of halogens is 2. The van der Waals surface area contributed by atoms with Crippen LogP contribution in [0.15, 0.2) is 48.5 Å². The van der Waals surface area contributed by atoms with Crippen LogP contribution in [0, 0.1) is 3.57 Å². The third kappa shape index (κ3) is 4.71. The van der Waals surface area contributed by atoms with Gasteiger partial charge >= 0.3 is 0 Å². The van der Waals surface area contributed by atoms with Crippen molar-refractivity contribution >= 4 is 46.0 Å². The van der Waals surface area contributed by atoms with E-state index in [2.05, 4.69) is 33.2 Å². The van der Waals surface area contributed by atoms with E-state index in [0.29, 0.717) is 29.2 Å². The summed E-state index contributed by atoms with van der Waals surface area (Å²) in [5, 5.41) is 5.87. The maximum atomic E-state index is 11.9. The van der Waals surface area contributed by atoms with Gasteiger partial charge in [0.25, 0.3) is 11.8 Å². The molecule has 4 nitrogen and oxygen atoms in total. The molecule has 0 unspecified atom stereocenters. The molecule has 2 aromatic carbocycles. The third-order valence-electron chi connectivity index (χ3n) is 2.92. The molecule has 6 heteroatoms. The predicted molar refractivity (Wildman–Crippen MR) is 95.3 cm³/mol. The van der Waals surface area contributed by atoms with E-state index in [1.807, 2.05) is 12.1 Å². The molecule has 114 valence electrons. The predicted octanol–water partition coefficient (Wildman–Crippen LogP) is 3.10. The molecule has 2 rings (SSSR count). The van der Waals surface area contributed by atoms with Gasteiger partial charge in [0.1, 0.15) is 0 Å². The summed E-state index contributed by atoms with van der Waals surface area (Å²) in [6.07, 6.45) is 0. The van der Waals surface area contributed by atoms with Crippen molar-refractivity contribution in [2.75, 3.05) is 13.1 Å². The Labute approximate surface area is 147 Å². The number of hydrogen-bond donors (Lipinski definition) is 2. The van der Waals surface area contributed by atoms with Crippen molar-refractivity contribution in [3.63, 3.8) is 0 Å². The number of hydrogen-bond acceptors (Lipinski definition) is 2. The van der Waals surface area contributed by atoms with Gasteiger partial charge in [-0.2, -0.15) is 0 Å². The van der Waals surface area contributed by atoms with Crippen LogP contribution in [0.1, 0.15) is 20.7 Å². The van der Waals surface area contributed by atoms with Crippen LogP contribution in [0.25, 0.3) is 0 Å². The second-order valence-corrected chi connectivity index (χ2v) is 6.15. The summed E-state index contributed by atoms with van der Waals surface area (Å²) in [4.78, 5) is 23.8. The van der Waals surface area contributed by atoms with Gasteiger partial charge in [-0.1, -0.05) is 23.7 Å². The van der Waals surface area contributed by atoms with E-state index >= 15 is 0 Å². The highest BCUT2D eigenvalue weighted by Crippen LogP contribution is 2.14. The zero-order chi connectivity index (χ0) is 15.9. The summed E-state index contributed by atoms with van der Waals surface area (Å²) in [7, 11) is 0. The van der Waals surface area contributed by atoms with Crippen LogP contribution in [-0.4, -0.2) is 24.9 Å². The average Bonchev–Trinajstić information content (AvgIpc) is 2.52. The van der Waals surface area contributed by atoms with Crippen molar-refractivity contribution in [2.24, 2.45) is 0 Å². The van der Waals surface area contributed by atoms with Crippen LogP contribution in [-0.2, 0) is 0 Å². The monoisotopic (exact) mass is 428 g/mol. The number of nitrogens with one attached hydrogen (secondary N) is 2. The summed E-state index contributed by atoms with van der Waals surface area (Å²) >= 11 is 8.12. The topological polar surface area (TPSA) is 58.2 Å². The van der Waals surface area contributed by atoms with Gasteiger partial charge in [-0.15, -0.1) is 0 Å². The smallest absolute Gasteiger partial charge is 0.252 e. The van der Waals surface area contributed by atoms with Crippen molar-refractivity contribution < 1.29 is 9.59 Å². The molecule has 0 heterocycles. The van der Waals surface area contributed by atoms with E-state index in [4.69, 9.17) is 11.6 Å². The lowest BCUT2D eigenvalue weighted by molar-refractivity contribution is 0.0927. The molecule has 0 aromatic heterocycles. The number of rotatable bonds is 5. The zero-order valence-corrected chi connectivity index (χ0v) is 14.5. The van der Waals surface area contributed by atoms with Gasteiger partial charge in [-0.25, -0.2) is 0 Å². The van der Waals surface area contributed by atoms with Gasteiger partial charge in [0, 0.05) is 22.2 Å². The van der Waals surface area contributed by atoms with E-state index in [1.54, 1.807) is 36.4 Å². The molecule has 0 saturated carbocycles. The first-order chi connectivity index (χ1) is 10.6. The largest absolute Gasteiger partial charge is 0.350 e. The molecule has 0 bridgehead atoms. The molecular formula is C16H14ClIN2O2. The fraction of sp³-hybridized carbons (Fsp3) is 0.125. The molecule has 22 heavy (non-hydrogen) atoms. The molecule has 0 aliphatic heterocycles. The van der Waals surface area contributed by atoms with Crippen LogP contribution in [0.2, 0.25) is 5.02 Å². The molecule has 0 atom stereocenters. The minimum atomic E-state index is -0.255. The van der Waals surface area contributed by atoms with E-state index in [9.17, 15) is 9.59 Å². The van der Waals surface area contributed by atoms with Crippen LogP contribution in [0.5, 0.6) is 0 Å². The van der Waals surface area contributed by atoms with Crippen LogP contribution < -0.4 is 10.6 Å². The van der Waals surface area contributed by atoms with Crippen molar-refractivity contribution in [3.8, 4) is 0 Å². The van der Waals surface area contributed by atoms with Gasteiger partial charge < -0.3 is 10.6 Å². The maximum Gasteiger partial charge on any atom is 0.252 e. The Kier molecular flexibility index (Phi) is 6.21. The van der Waals surface area contributed by atoms with Crippen LogP contribution in [0.3, 0.4) is 0 Å². The minimum absolute atomic E-state index is 0.164. The quantitative estimate of drug-likeness (QED) is 0.568. The van der Waals surface area contributed by atoms with Crippen molar-refractivity contribution in [1.82, 2.24) is 10.6 Å². The first-order valence-electron chi connectivity index (χ1n) is 6.64. The summed E-state index contributed by atoms with van der Waals surface area (Å²) in [5.74, 6) is -0.419. The van der Waals surface area contributed by atoms with E-state index < -0.39 is 0 Å².